The van der Waals surface area contributed by atoms with Gasteiger partial charge in [0.25, 0.3) is 0 Å². The standard InChI is InChI=1S/C15H29N3/c1-15(2,3)8-6-7-13(16)11-14-12-17(4)9-10-18(14)5/h13-14H,7,9-12,16H2,1-5H3. The Hall–Kier alpha value is -0.560. The zero-order valence-electron chi connectivity index (χ0n) is 12.7. The van der Waals surface area contributed by atoms with Crippen LogP contribution in [-0.2, 0) is 0 Å². The molecule has 1 fully saturated rings. The topological polar surface area (TPSA) is 32.5 Å². The maximum absolute atomic E-state index is 6.19. The molecule has 1 aliphatic rings. The van der Waals surface area contributed by atoms with Crippen molar-refractivity contribution in [3.8, 4) is 11.8 Å². The Morgan fingerprint density at radius 2 is 1.94 bits per heavy atom. The summed E-state index contributed by atoms with van der Waals surface area (Å²) < 4.78 is 0. The summed E-state index contributed by atoms with van der Waals surface area (Å²) in [4.78, 5) is 4.81. The summed E-state index contributed by atoms with van der Waals surface area (Å²) in [5, 5.41) is 0. The van der Waals surface area contributed by atoms with E-state index >= 15 is 0 Å². The number of likely N-dealkylation sites (N-methyl/N-ethyl adjacent to an activating group) is 2. The summed E-state index contributed by atoms with van der Waals surface area (Å²) in [5.74, 6) is 6.49. The minimum atomic E-state index is 0.0849. The second-order valence-electron chi connectivity index (χ2n) is 6.65. The Labute approximate surface area is 113 Å². The van der Waals surface area contributed by atoms with Gasteiger partial charge in [0.2, 0.25) is 0 Å². The molecule has 0 aliphatic carbocycles. The third-order valence-corrected chi connectivity index (χ3v) is 3.38. The fourth-order valence-electron chi connectivity index (χ4n) is 2.24. The van der Waals surface area contributed by atoms with Crippen molar-refractivity contribution in [2.24, 2.45) is 11.1 Å². The van der Waals surface area contributed by atoms with Crippen molar-refractivity contribution >= 4 is 0 Å². The number of nitrogens with two attached hydrogens (primary N) is 1. The van der Waals surface area contributed by atoms with Crippen LogP contribution in [-0.4, -0.2) is 55.6 Å². The molecule has 104 valence electrons. The van der Waals surface area contributed by atoms with Gasteiger partial charge in [0.1, 0.15) is 0 Å². The third kappa shape index (κ3) is 5.86. The molecule has 2 atom stereocenters. The molecule has 0 aromatic heterocycles. The van der Waals surface area contributed by atoms with Gasteiger partial charge in [0.05, 0.1) is 0 Å². The molecule has 0 spiro atoms. The fraction of sp³-hybridized carbons (Fsp3) is 0.867. The average molecular weight is 251 g/mol. The van der Waals surface area contributed by atoms with E-state index < -0.39 is 0 Å². The average Bonchev–Trinajstić information content (AvgIpc) is 2.21. The smallest absolute Gasteiger partial charge is 0.0241 e. The number of hydrogen-bond donors (Lipinski definition) is 1. The third-order valence-electron chi connectivity index (χ3n) is 3.38. The minimum absolute atomic E-state index is 0.0849. The first-order valence-electron chi connectivity index (χ1n) is 6.92. The lowest BCUT2D eigenvalue weighted by molar-refractivity contribution is 0.104. The predicted octanol–water partition coefficient (Wildman–Crippen LogP) is 1.39. The van der Waals surface area contributed by atoms with E-state index in [4.69, 9.17) is 5.73 Å². The molecular formula is C15H29N3. The first-order valence-corrected chi connectivity index (χ1v) is 6.92. The molecule has 18 heavy (non-hydrogen) atoms. The van der Waals surface area contributed by atoms with Crippen LogP contribution in [0, 0.1) is 17.3 Å². The molecule has 0 aromatic carbocycles. The molecule has 0 saturated carbocycles. The lowest BCUT2D eigenvalue weighted by Crippen LogP contribution is -2.51. The van der Waals surface area contributed by atoms with Gasteiger partial charge in [-0.1, -0.05) is 5.92 Å². The molecular weight excluding hydrogens is 222 g/mol. The van der Waals surface area contributed by atoms with E-state index in [1.54, 1.807) is 0 Å². The highest BCUT2D eigenvalue weighted by Crippen LogP contribution is 2.13. The van der Waals surface area contributed by atoms with E-state index in [2.05, 4.69) is 56.5 Å². The van der Waals surface area contributed by atoms with Crippen molar-refractivity contribution in [1.82, 2.24) is 9.80 Å². The summed E-state index contributed by atoms with van der Waals surface area (Å²) in [6.07, 6.45) is 1.85. The lowest BCUT2D eigenvalue weighted by atomic mass is 9.96. The van der Waals surface area contributed by atoms with Crippen LogP contribution < -0.4 is 5.73 Å². The van der Waals surface area contributed by atoms with Crippen LogP contribution in [0.3, 0.4) is 0 Å². The molecule has 0 amide bonds. The molecule has 3 nitrogen and oxygen atoms in total. The van der Waals surface area contributed by atoms with E-state index in [9.17, 15) is 0 Å². The summed E-state index contributed by atoms with van der Waals surface area (Å²) in [6.45, 7) is 9.82. The molecule has 1 saturated heterocycles. The van der Waals surface area contributed by atoms with Crippen LogP contribution in [0.25, 0.3) is 0 Å². The van der Waals surface area contributed by atoms with Crippen LogP contribution >= 0.6 is 0 Å². The van der Waals surface area contributed by atoms with E-state index in [0.29, 0.717) is 6.04 Å². The number of piperazine rings is 1. The Kier molecular flexibility index (Phi) is 5.65. The zero-order valence-corrected chi connectivity index (χ0v) is 12.7. The van der Waals surface area contributed by atoms with Gasteiger partial charge in [0, 0.05) is 43.6 Å². The summed E-state index contributed by atoms with van der Waals surface area (Å²) in [6, 6.07) is 0.772. The maximum atomic E-state index is 6.19. The van der Waals surface area contributed by atoms with Gasteiger partial charge in [-0.25, -0.2) is 0 Å². The zero-order chi connectivity index (χ0) is 13.8. The maximum Gasteiger partial charge on any atom is 0.0241 e. The van der Waals surface area contributed by atoms with Crippen LogP contribution in [0.5, 0.6) is 0 Å². The Morgan fingerprint density at radius 3 is 2.56 bits per heavy atom. The molecule has 0 aromatic rings. The molecule has 0 radical (unpaired) electrons. The number of rotatable bonds is 3. The number of hydrogen-bond acceptors (Lipinski definition) is 3. The highest BCUT2D eigenvalue weighted by atomic mass is 15.3. The second kappa shape index (κ2) is 6.56. The van der Waals surface area contributed by atoms with E-state index in [1.165, 1.54) is 0 Å². The first kappa shape index (κ1) is 15.5. The molecule has 0 bridgehead atoms. The molecule has 1 rings (SSSR count). The van der Waals surface area contributed by atoms with Crippen LogP contribution in [0.2, 0.25) is 0 Å². The summed E-state index contributed by atoms with van der Waals surface area (Å²) >= 11 is 0. The van der Waals surface area contributed by atoms with Crippen molar-refractivity contribution in [3.63, 3.8) is 0 Å². The fourth-order valence-corrected chi connectivity index (χ4v) is 2.24. The predicted molar refractivity (Wildman–Crippen MR) is 78.4 cm³/mol. The Morgan fingerprint density at radius 1 is 1.28 bits per heavy atom. The summed E-state index contributed by atoms with van der Waals surface area (Å²) in [7, 11) is 4.39. The highest BCUT2D eigenvalue weighted by molar-refractivity contribution is 5.08. The van der Waals surface area contributed by atoms with Gasteiger partial charge in [0.15, 0.2) is 0 Å². The normalized spacial score (nSPS) is 24.4. The first-order chi connectivity index (χ1) is 8.28. The van der Waals surface area contributed by atoms with Crippen molar-refractivity contribution in [2.75, 3.05) is 33.7 Å². The van der Waals surface area contributed by atoms with E-state index in [0.717, 1.165) is 32.5 Å². The van der Waals surface area contributed by atoms with Crippen molar-refractivity contribution in [1.29, 1.82) is 0 Å². The van der Waals surface area contributed by atoms with Crippen molar-refractivity contribution in [2.45, 2.75) is 45.7 Å². The van der Waals surface area contributed by atoms with Gasteiger partial charge >= 0.3 is 0 Å². The van der Waals surface area contributed by atoms with Gasteiger partial charge in [-0.15, -0.1) is 5.92 Å². The van der Waals surface area contributed by atoms with Crippen molar-refractivity contribution < 1.29 is 0 Å². The van der Waals surface area contributed by atoms with Gasteiger partial charge in [-0.05, 0) is 41.3 Å². The quantitative estimate of drug-likeness (QED) is 0.769. The minimum Gasteiger partial charge on any atom is -0.327 e. The van der Waals surface area contributed by atoms with Gasteiger partial charge < -0.3 is 15.5 Å². The SMILES string of the molecule is CN1CCN(C)C(CC(N)CC#CC(C)(C)C)C1. The Bertz CT molecular complexity index is 308. The van der Waals surface area contributed by atoms with E-state index in [-0.39, 0.29) is 11.5 Å². The molecule has 2 N–H and O–H groups in total. The van der Waals surface area contributed by atoms with Crippen LogP contribution in [0.4, 0.5) is 0 Å². The highest BCUT2D eigenvalue weighted by Gasteiger charge is 2.23. The number of nitrogens with zero attached hydrogens (tertiary/aromatic N) is 2. The molecule has 3 heteroatoms. The summed E-state index contributed by atoms with van der Waals surface area (Å²) in [5.41, 5.74) is 6.28. The molecule has 1 heterocycles. The van der Waals surface area contributed by atoms with Crippen molar-refractivity contribution in [3.05, 3.63) is 0 Å². The lowest BCUT2D eigenvalue weighted by Gasteiger charge is -2.38. The second-order valence-corrected chi connectivity index (χ2v) is 6.65. The van der Waals surface area contributed by atoms with E-state index in [1.807, 2.05) is 0 Å². The molecule has 1 aliphatic heterocycles. The monoisotopic (exact) mass is 251 g/mol. The van der Waals surface area contributed by atoms with Gasteiger partial charge in [-0.3, -0.25) is 0 Å². The van der Waals surface area contributed by atoms with Crippen LogP contribution in [0.15, 0.2) is 0 Å². The Balaban J connectivity index is 2.38. The van der Waals surface area contributed by atoms with Crippen LogP contribution in [0.1, 0.15) is 33.6 Å². The largest absolute Gasteiger partial charge is 0.327 e. The van der Waals surface area contributed by atoms with Gasteiger partial charge in [-0.2, -0.15) is 0 Å². The molecule has 2 unspecified atom stereocenters.